The molecule has 0 radical (unpaired) electrons. The number of nitrogens with zero attached hydrogens (tertiary/aromatic N) is 1. The van der Waals surface area contributed by atoms with Gasteiger partial charge in [0.25, 0.3) is 0 Å². The van der Waals surface area contributed by atoms with Crippen molar-refractivity contribution < 1.29 is 4.74 Å². The molecule has 0 amide bonds. The number of hydrogen-bond acceptors (Lipinski definition) is 2. The average molecular weight is 474 g/mol. The Bertz CT molecular complexity index is 1840. The largest absolute Gasteiger partial charge is 0.456 e. The number of ether oxygens (including phenoxy) is 1. The van der Waals surface area contributed by atoms with Crippen LogP contribution in [-0.2, 0) is 0 Å². The molecule has 0 bridgehead atoms. The van der Waals surface area contributed by atoms with Crippen LogP contribution in [0.5, 0.6) is 11.5 Å². The zero-order valence-corrected chi connectivity index (χ0v) is 20.1. The highest BCUT2D eigenvalue weighted by Crippen LogP contribution is 2.44. The summed E-state index contributed by atoms with van der Waals surface area (Å²) in [5.41, 5.74) is 4.78. The number of aromatic nitrogens is 1. The molecule has 7 rings (SSSR count). The molecule has 0 atom stereocenters. The van der Waals surface area contributed by atoms with Gasteiger partial charge < -0.3 is 4.74 Å². The predicted octanol–water partition coefficient (Wildman–Crippen LogP) is 9.67. The van der Waals surface area contributed by atoms with E-state index >= 15 is 0 Å². The third-order valence-electron chi connectivity index (χ3n) is 6.98. The molecule has 0 aliphatic rings. The maximum absolute atomic E-state index is 6.69. The zero-order valence-electron chi connectivity index (χ0n) is 20.1. The van der Waals surface area contributed by atoms with Crippen molar-refractivity contribution in [2.75, 3.05) is 0 Å². The Labute approximate surface area is 215 Å². The molecule has 0 N–H and O–H groups in total. The van der Waals surface area contributed by atoms with Gasteiger partial charge in [-0.3, -0.25) is 4.98 Å². The van der Waals surface area contributed by atoms with Crippen LogP contribution in [-0.4, -0.2) is 4.98 Å². The molecule has 0 fully saturated rings. The molecule has 0 aliphatic heterocycles. The molecule has 0 aliphatic carbocycles. The van der Waals surface area contributed by atoms with Crippen LogP contribution in [0.2, 0.25) is 0 Å². The van der Waals surface area contributed by atoms with E-state index in [0.29, 0.717) is 0 Å². The first-order valence-electron chi connectivity index (χ1n) is 12.5. The van der Waals surface area contributed by atoms with Crippen LogP contribution in [0.15, 0.2) is 140 Å². The average Bonchev–Trinajstić information content (AvgIpc) is 2.98. The van der Waals surface area contributed by atoms with Gasteiger partial charge in [-0.15, -0.1) is 0 Å². The molecule has 0 spiro atoms. The van der Waals surface area contributed by atoms with Crippen LogP contribution in [0.1, 0.15) is 0 Å². The molecule has 0 saturated heterocycles. The summed E-state index contributed by atoms with van der Waals surface area (Å²) in [6.45, 7) is 0. The predicted molar refractivity (Wildman–Crippen MR) is 154 cm³/mol. The number of rotatable bonds is 4. The van der Waals surface area contributed by atoms with Crippen molar-refractivity contribution in [2.24, 2.45) is 0 Å². The normalized spacial score (nSPS) is 11.2. The third-order valence-corrected chi connectivity index (χ3v) is 6.98. The summed E-state index contributed by atoms with van der Waals surface area (Å²) in [6, 6.07) is 44.4. The van der Waals surface area contributed by atoms with Crippen molar-refractivity contribution >= 4 is 32.3 Å². The first-order chi connectivity index (χ1) is 18.3. The molecule has 174 valence electrons. The summed E-state index contributed by atoms with van der Waals surface area (Å²) in [4.78, 5) is 4.47. The van der Waals surface area contributed by atoms with Crippen molar-refractivity contribution in [1.29, 1.82) is 0 Å². The summed E-state index contributed by atoms with van der Waals surface area (Å²) in [6.07, 6.45) is 3.78. The number of benzene rings is 6. The molecule has 1 aromatic heterocycles. The van der Waals surface area contributed by atoms with Crippen molar-refractivity contribution in [3.05, 3.63) is 140 Å². The zero-order chi connectivity index (χ0) is 24.6. The third kappa shape index (κ3) is 3.80. The molecule has 1 heterocycles. The second-order valence-electron chi connectivity index (χ2n) is 9.23. The topological polar surface area (TPSA) is 22.1 Å². The minimum absolute atomic E-state index is 0.815. The molecular weight excluding hydrogens is 450 g/mol. The van der Waals surface area contributed by atoms with E-state index < -0.39 is 0 Å². The van der Waals surface area contributed by atoms with Gasteiger partial charge in [-0.2, -0.15) is 0 Å². The molecule has 0 unspecified atom stereocenters. The highest BCUT2D eigenvalue weighted by Gasteiger charge is 2.17. The minimum atomic E-state index is 0.815. The Morgan fingerprint density at radius 2 is 1.11 bits per heavy atom. The van der Waals surface area contributed by atoms with Gasteiger partial charge in [0.2, 0.25) is 0 Å². The summed E-state index contributed by atoms with van der Waals surface area (Å²) in [7, 11) is 0. The second kappa shape index (κ2) is 8.92. The SMILES string of the molecule is c1ccc(-c2ccc3cc(Oc4c5ccccc5c(-c5ccccc5)c5cnccc45)ccc3c2)cc1. The van der Waals surface area contributed by atoms with Crippen molar-refractivity contribution in [3.8, 4) is 33.8 Å². The lowest BCUT2D eigenvalue weighted by molar-refractivity contribution is 0.494. The molecule has 6 aromatic carbocycles. The van der Waals surface area contributed by atoms with Gasteiger partial charge in [-0.25, -0.2) is 0 Å². The summed E-state index contributed by atoms with van der Waals surface area (Å²) < 4.78 is 6.69. The van der Waals surface area contributed by atoms with Crippen molar-refractivity contribution in [2.45, 2.75) is 0 Å². The summed E-state index contributed by atoms with van der Waals surface area (Å²) >= 11 is 0. The van der Waals surface area contributed by atoms with Gasteiger partial charge in [0.15, 0.2) is 0 Å². The lowest BCUT2D eigenvalue weighted by Gasteiger charge is -2.17. The van der Waals surface area contributed by atoms with Gasteiger partial charge in [0.1, 0.15) is 11.5 Å². The summed E-state index contributed by atoms with van der Waals surface area (Å²) in [5.74, 6) is 1.67. The van der Waals surface area contributed by atoms with Crippen LogP contribution in [0, 0.1) is 0 Å². The van der Waals surface area contributed by atoms with Gasteiger partial charge in [-0.1, -0.05) is 103 Å². The quantitative estimate of drug-likeness (QED) is 0.237. The summed E-state index contributed by atoms with van der Waals surface area (Å²) in [5, 5.41) is 6.69. The van der Waals surface area contributed by atoms with E-state index in [9.17, 15) is 0 Å². The number of pyridine rings is 1. The van der Waals surface area contributed by atoms with Crippen molar-refractivity contribution in [1.82, 2.24) is 4.98 Å². The Balaban J connectivity index is 1.38. The Hall–Kier alpha value is -4.95. The molecule has 7 aromatic rings. The highest BCUT2D eigenvalue weighted by atomic mass is 16.5. The Morgan fingerprint density at radius 3 is 1.92 bits per heavy atom. The van der Waals surface area contributed by atoms with E-state index in [-0.39, 0.29) is 0 Å². The smallest absolute Gasteiger partial charge is 0.143 e. The van der Waals surface area contributed by atoms with E-state index in [0.717, 1.165) is 38.4 Å². The molecule has 2 nitrogen and oxygen atoms in total. The molecular formula is C35H23NO. The molecule has 2 heteroatoms. The van der Waals surface area contributed by atoms with Crippen LogP contribution >= 0.6 is 0 Å². The maximum Gasteiger partial charge on any atom is 0.143 e. The standard InChI is InChI=1S/C35H23NO/c1-3-9-24(10-4-1)26-15-16-28-22-29(18-17-27(28)21-26)37-35-31-14-8-7-13-30(31)34(25-11-5-2-6-12-25)33-23-36-20-19-32(33)35/h1-23H. The maximum atomic E-state index is 6.69. The van der Waals surface area contributed by atoms with E-state index in [1.807, 2.05) is 24.5 Å². The van der Waals surface area contributed by atoms with E-state index in [1.54, 1.807) is 0 Å². The highest BCUT2D eigenvalue weighted by molar-refractivity contribution is 6.16. The van der Waals surface area contributed by atoms with Crippen LogP contribution in [0.4, 0.5) is 0 Å². The fourth-order valence-corrected chi connectivity index (χ4v) is 5.22. The fraction of sp³-hybridized carbons (Fsp3) is 0. The van der Waals surface area contributed by atoms with Gasteiger partial charge in [0, 0.05) is 28.6 Å². The fourth-order valence-electron chi connectivity index (χ4n) is 5.22. The number of hydrogen-bond donors (Lipinski definition) is 0. The Morgan fingerprint density at radius 1 is 0.459 bits per heavy atom. The lowest BCUT2D eigenvalue weighted by atomic mass is 9.92. The first kappa shape index (κ1) is 21.3. The Kier molecular flexibility index (Phi) is 5.15. The monoisotopic (exact) mass is 473 g/mol. The van der Waals surface area contributed by atoms with Crippen LogP contribution < -0.4 is 4.74 Å². The van der Waals surface area contributed by atoms with E-state index in [4.69, 9.17) is 4.74 Å². The molecule has 0 saturated carbocycles. The van der Waals surface area contributed by atoms with Gasteiger partial charge >= 0.3 is 0 Å². The van der Waals surface area contributed by atoms with E-state index in [2.05, 4.69) is 120 Å². The van der Waals surface area contributed by atoms with Gasteiger partial charge in [0.05, 0.1) is 0 Å². The van der Waals surface area contributed by atoms with Gasteiger partial charge in [-0.05, 0) is 62.7 Å². The van der Waals surface area contributed by atoms with Crippen LogP contribution in [0.3, 0.4) is 0 Å². The minimum Gasteiger partial charge on any atom is -0.456 e. The number of fused-ring (bicyclic) bond motifs is 3. The van der Waals surface area contributed by atoms with Crippen LogP contribution in [0.25, 0.3) is 54.6 Å². The first-order valence-corrected chi connectivity index (χ1v) is 12.5. The van der Waals surface area contributed by atoms with Crippen molar-refractivity contribution in [3.63, 3.8) is 0 Å². The second-order valence-corrected chi connectivity index (χ2v) is 9.23. The van der Waals surface area contributed by atoms with E-state index in [1.165, 1.54) is 27.6 Å². The lowest BCUT2D eigenvalue weighted by Crippen LogP contribution is -1.93. The molecule has 37 heavy (non-hydrogen) atoms.